The molecule has 0 aliphatic carbocycles. The average molecular weight is 561 g/mol. The van der Waals surface area contributed by atoms with Crippen LogP contribution in [0.5, 0.6) is 0 Å². The second-order valence-corrected chi connectivity index (χ2v) is 9.79. The fraction of sp³-hybridized carbons (Fsp3) is 0.481. The van der Waals surface area contributed by atoms with Crippen molar-refractivity contribution in [2.45, 2.75) is 57.0 Å². The highest BCUT2D eigenvalue weighted by atomic mass is 19.4. The largest absolute Gasteiger partial charge is 0.416 e. The summed E-state index contributed by atoms with van der Waals surface area (Å²) in [5, 5.41) is 19.3. The van der Waals surface area contributed by atoms with Gasteiger partial charge in [0.2, 0.25) is 5.91 Å². The van der Waals surface area contributed by atoms with Gasteiger partial charge in [-0.15, -0.1) is 0 Å². The van der Waals surface area contributed by atoms with Gasteiger partial charge in [-0.25, -0.2) is 5.48 Å². The van der Waals surface area contributed by atoms with Crippen LogP contribution in [0.1, 0.15) is 47.9 Å². The molecule has 1 saturated heterocycles. The van der Waals surface area contributed by atoms with Crippen molar-refractivity contribution >= 4 is 11.8 Å². The van der Waals surface area contributed by atoms with Gasteiger partial charge in [-0.3, -0.25) is 14.8 Å². The average Bonchev–Trinajstić information content (AvgIpc) is 2.90. The van der Waals surface area contributed by atoms with E-state index in [0.29, 0.717) is 44.0 Å². The van der Waals surface area contributed by atoms with E-state index in [9.17, 15) is 41.0 Å². The molecule has 2 atom stereocenters. The van der Waals surface area contributed by atoms with Crippen LogP contribution < -0.4 is 5.48 Å². The molecule has 0 aromatic heterocycles. The maximum absolute atomic E-state index is 13.2. The zero-order valence-electron chi connectivity index (χ0n) is 20.9. The molecule has 1 aliphatic heterocycles. The van der Waals surface area contributed by atoms with Crippen molar-refractivity contribution in [2.75, 3.05) is 13.1 Å². The number of benzene rings is 2. The van der Waals surface area contributed by atoms with Crippen LogP contribution in [0.4, 0.5) is 26.3 Å². The number of hydroxylamine groups is 1. The summed E-state index contributed by atoms with van der Waals surface area (Å²) >= 11 is 0. The summed E-state index contributed by atoms with van der Waals surface area (Å²) in [6.45, 7) is 0.728. The molecule has 3 rings (SSSR count). The number of piperidine rings is 1. The van der Waals surface area contributed by atoms with Crippen molar-refractivity contribution in [1.82, 2.24) is 10.4 Å². The van der Waals surface area contributed by atoms with Crippen molar-refractivity contribution in [3.05, 3.63) is 70.8 Å². The zero-order chi connectivity index (χ0) is 28.8. The first-order valence-electron chi connectivity index (χ1n) is 12.5. The molecule has 0 spiro atoms. The smallest absolute Gasteiger partial charge is 0.382 e. The van der Waals surface area contributed by atoms with E-state index >= 15 is 0 Å². The van der Waals surface area contributed by atoms with Crippen molar-refractivity contribution in [3.63, 3.8) is 0 Å². The van der Waals surface area contributed by atoms with E-state index in [2.05, 4.69) is 0 Å². The number of alkyl halides is 6. The molecule has 2 amide bonds. The van der Waals surface area contributed by atoms with Crippen molar-refractivity contribution < 1.29 is 46.2 Å². The molecule has 0 saturated carbocycles. The molecule has 3 N–H and O–H groups in total. The Labute approximate surface area is 221 Å². The summed E-state index contributed by atoms with van der Waals surface area (Å²) in [4.78, 5) is 26.6. The Morgan fingerprint density at radius 2 is 1.49 bits per heavy atom. The van der Waals surface area contributed by atoms with Crippen molar-refractivity contribution in [2.24, 2.45) is 11.8 Å². The van der Waals surface area contributed by atoms with Crippen LogP contribution >= 0.6 is 0 Å². The summed E-state index contributed by atoms with van der Waals surface area (Å²) in [6, 6.07) is 11.1. The minimum Gasteiger partial charge on any atom is -0.382 e. The first kappa shape index (κ1) is 30.4. The van der Waals surface area contributed by atoms with Gasteiger partial charge in [0.1, 0.15) is 6.10 Å². The lowest BCUT2D eigenvalue weighted by Gasteiger charge is -2.35. The minimum atomic E-state index is -4.99. The highest BCUT2D eigenvalue weighted by Crippen LogP contribution is 2.37. The number of carbonyl (C=O) groups is 2. The second kappa shape index (κ2) is 12.8. The Kier molecular flexibility index (Phi) is 10.0. The summed E-state index contributed by atoms with van der Waals surface area (Å²) in [6.07, 6.45) is -10.3. The number of nitrogens with one attached hydrogen (secondary N) is 1. The quantitative estimate of drug-likeness (QED) is 0.229. The second-order valence-electron chi connectivity index (χ2n) is 9.79. The van der Waals surface area contributed by atoms with Crippen molar-refractivity contribution in [1.29, 1.82) is 0 Å². The maximum atomic E-state index is 13.2. The third-order valence-electron chi connectivity index (χ3n) is 7.00. The first-order chi connectivity index (χ1) is 18.3. The van der Waals surface area contributed by atoms with Gasteiger partial charge in [0.15, 0.2) is 0 Å². The molecule has 2 aromatic carbocycles. The molecular weight excluding hydrogens is 530 g/mol. The Bertz CT molecular complexity index is 1080. The van der Waals surface area contributed by atoms with Crippen molar-refractivity contribution in [3.8, 4) is 0 Å². The van der Waals surface area contributed by atoms with Crippen LogP contribution in [0.15, 0.2) is 48.5 Å². The zero-order valence-corrected chi connectivity index (χ0v) is 20.9. The number of aliphatic hydroxyl groups excluding tert-OH is 1. The lowest BCUT2D eigenvalue weighted by Crippen LogP contribution is -2.49. The SMILES string of the molecule is O=C(NO)[C@@H](O)[C@@H](CCCc1cc(C(F)(F)F)cc(C(F)(F)F)c1)C(=O)N1CCC(Cc2ccccc2)CC1. The lowest BCUT2D eigenvalue weighted by molar-refractivity contribution is -0.151. The number of carbonyl (C=O) groups excluding carboxylic acids is 2. The third-order valence-corrected chi connectivity index (χ3v) is 7.00. The molecule has 2 aromatic rings. The molecular formula is C27H30F6N2O4. The third kappa shape index (κ3) is 8.43. The number of rotatable bonds is 9. The Balaban J connectivity index is 1.68. The number of hydrogen-bond acceptors (Lipinski definition) is 4. The number of aryl methyl sites for hydroxylation is 1. The monoisotopic (exact) mass is 560 g/mol. The number of likely N-dealkylation sites (tertiary alicyclic amines) is 1. The molecule has 6 nitrogen and oxygen atoms in total. The van der Waals surface area contributed by atoms with E-state index < -0.39 is 47.3 Å². The topological polar surface area (TPSA) is 89.9 Å². The number of halogens is 6. The molecule has 0 radical (unpaired) electrons. The molecule has 214 valence electrons. The Morgan fingerprint density at radius 1 is 0.923 bits per heavy atom. The van der Waals surface area contributed by atoms with E-state index in [0.717, 1.165) is 6.42 Å². The van der Waals surface area contributed by atoms with E-state index in [-0.39, 0.29) is 30.9 Å². The fourth-order valence-corrected chi connectivity index (χ4v) is 4.89. The van der Waals surface area contributed by atoms with E-state index in [4.69, 9.17) is 5.21 Å². The van der Waals surface area contributed by atoms with Gasteiger partial charge in [0, 0.05) is 13.1 Å². The van der Waals surface area contributed by atoms with Gasteiger partial charge in [-0.1, -0.05) is 30.3 Å². The van der Waals surface area contributed by atoms with Crippen LogP contribution in [0.3, 0.4) is 0 Å². The highest BCUT2D eigenvalue weighted by Gasteiger charge is 2.38. The Hall–Kier alpha value is -3.12. The predicted octanol–water partition coefficient (Wildman–Crippen LogP) is 5.01. The summed E-state index contributed by atoms with van der Waals surface area (Å²) in [7, 11) is 0. The highest BCUT2D eigenvalue weighted by molar-refractivity contribution is 5.88. The van der Waals surface area contributed by atoms with Gasteiger partial charge in [-0.2, -0.15) is 26.3 Å². The molecule has 0 unspecified atom stereocenters. The molecule has 1 heterocycles. The van der Waals surface area contributed by atoms with Crippen LogP contribution in [0.2, 0.25) is 0 Å². The van der Waals surface area contributed by atoms with Gasteiger partial charge in [0.25, 0.3) is 5.91 Å². The van der Waals surface area contributed by atoms with Crippen LogP contribution in [-0.4, -0.2) is 46.2 Å². The number of aliphatic hydroxyl groups is 1. The number of amides is 2. The van der Waals surface area contributed by atoms with Crippen LogP contribution in [0, 0.1) is 11.8 Å². The van der Waals surface area contributed by atoms with Gasteiger partial charge >= 0.3 is 12.4 Å². The maximum Gasteiger partial charge on any atom is 0.416 e. The summed E-state index contributed by atoms with van der Waals surface area (Å²) in [5.41, 5.74) is -0.688. The van der Waals surface area contributed by atoms with Gasteiger partial charge < -0.3 is 10.0 Å². The van der Waals surface area contributed by atoms with Crippen LogP contribution in [0.25, 0.3) is 0 Å². The summed E-state index contributed by atoms with van der Waals surface area (Å²) < 4.78 is 79.0. The molecule has 1 aliphatic rings. The molecule has 0 bridgehead atoms. The minimum absolute atomic E-state index is 0.0343. The molecule has 39 heavy (non-hydrogen) atoms. The lowest BCUT2D eigenvalue weighted by atomic mass is 9.88. The van der Waals surface area contributed by atoms with E-state index in [1.54, 1.807) is 0 Å². The van der Waals surface area contributed by atoms with Gasteiger partial charge in [0.05, 0.1) is 17.0 Å². The first-order valence-corrected chi connectivity index (χ1v) is 12.5. The normalized spacial score (nSPS) is 16.6. The van der Waals surface area contributed by atoms with E-state index in [1.165, 1.54) is 15.9 Å². The van der Waals surface area contributed by atoms with Gasteiger partial charge in [-0.05, 0) is 73.8 Å². The fourth-order valence-electron chi connectivity index (χ4n) is 4.89. The number of hydrogen-bond donors (Lipinski definition) is 3. The Morgan fingerprint density at radius 3 is 2.00 bits per heavy atom. The summed E-state index contributed by atoms with van der Waals surface area (Å²) in [5.74, 6) is -2.81. The molecule has 1 fully saturated rings. The molecule has 12 heteroatoms. The van der Waals surface area contributed by atoms with Crippen LogP contribution in [-0.2, 0) is 34.8 Å². The standard InChI is InChI=1S/C27H30F6N2O4/c28-26(29,30)20-14-19(15-21(16-20)27(31,32)33)7-4-8-22(23(36)24(37)34-39)25(38)35-11-9-18(10-12-35)13-17-5-2-1-3-6-17/h1-3,5-6,14-16,18,22-23,36,39H,4,7-13H2,(H,34,37)/t22-,23+/m1/s1. The number of nitrogens with zero attached hydrogens (tertiary/aromatic N) is 1. The van der Waals surface area contributed by atoms with E-state index in [1.807, 2.05) is 30.3 Å². The predicted molar refractivity (Wildman–Crippen MR) is 128 cm³/mol.